The number of rotatable bonds is 6. The van der Waals surface area contributed by atoms with E-state index < -0.39 is 0 Å². The third-order valence-electron chi connectivity index (χ3n) is 2.64. The van der Waals surface area contributed by atoms with Crippen molar-refractivity contribution in [2.75, 3.05) is 19.6 Å². The lowest BCUT2D eigenvalue weighted by atomic mass is 10.2. The van der Waals surface area contributed by atoms with Gasteiger partial charge in [-0.3, -0.25) is 4.90 Å². The molecule has 0 heterocycles. The largest absolute Gasteiger partial charge is 0.315 e. The van der Waals surface area contributed by atoms with Gasteiger partial charge < -0.3 is 5.32 Å². The van der Waals surface area contributed by atoms with E-state index in [4.69, 9.17) is 0 Å². The zero-order valence-corrected chi connectivity index (χ0v) is 8.64. The Morgan fingerprint density at radius 1 is 1.42 bits per heavy atom. The lowest BCUT2D eigenvalue weighted by Crippen LogP contribution is -2.41. The molecule has 0 aromatic heterocycles. The summed E-state index contributed by atoms with van der Waals surface area (Å²) in [5, 5.41) is 3.40. The molecule has 1 aliphatic carbocycles. The van der Waals surface area contributed by atoms with Crippen LogP contribution in [0.3, 0.4) is 0 Å². The zero-order valence-electron chi connectivity index (χ0n) is 8.64. The van der Waals surface area contributed by atoms with Gasteiger partial charge in [-0.05, 0) is 32.9 Å². The molecule has 2 nitrogen and oxygen atoms in total. The molecule has 1 fully saturated rings. The van der Waals surface area contributed by atoms with Crippen LogP contribution in [0.2, 0.25) is 0 Å². The first-order chi connectivity index (χ1) is 5.79. The summed E-state index contributed by atoms with van der Waals surface area (Å²) in [7, 11) is 0. The van der Waals surface area contributed by atoms with E-state index in [1.165, 1.54) is 19.4 Å². The van der Waals surface area contributed by atoms with Crippen LogP contribution < -0.4 is 5.32 Å². The van der Waals surface area contributed by atoms with E-state index in [1.54, 1.807) is 0 Å². The molecule has 0 spiro atoms. The van der Waals surface area contributed by atoms with Crippen LogP contribution in [-0.2, 0) is 0 Å². The van der Waals surface area contributed by atoms with Crippen molar-refractivity contribution >= 4 is 0 Å². The minimum atomic E-state index is 0.711. The van der Waals surface area contributed by atoms with Crippen LogP contribution in [0.1, 0.15) is 33.6 Å². The molecular formula is C10H22N2. The molecule has 0 aromatic carbocycles. The first-order valence-electron chi connectivity index (χ1n) is 5.26. The monoisotopic (exact) mass is 170 g/mol. The molecule has 1 aliphatic rings. The fraction of sp³-hybridized carbons (Fsp3) is 1.00. The molecule has 0 aliphatic heterocycles. The van der Waals surface area contributed by atoms with Crippen molar-refractivity contribution in [1.29, 1.82) is 0 Å². The standard InChI is InChI=1S/C10H22N2/c1-4-11-8-9(3)12(5-2)10-6-7-10/h9-11H,4-8H2,1-3H3. The normalized spacial score (nSPS) is 20.0. The van der Waals surface area contributed by atoms with Crippen molar-refractivity contribution in [3.8, 4) is 0 Å². The molecule has 0 amide bonds. The SMILES string of the molecule is CCNCC(C)N(CC)C1CC1. The highest BCUT2D eigenvalue weighted by molar-refractivity contribution is 4.87. The Morgan fingerprint density at radius 3 is 2.50 bits per heavy atom. The molecule has 0 saturated heterocycles. The third-order valence-corrected chi connectivity index (χ3v) is 2.64. The van der Waals surface area contributed by atoms with E-state index in [0.717, 1.165) is 19.1 Å². The smallest absolute Gasteiger partial charge is 0.0195 e. The summed E-state index contributed by atoms with van der Waals surface area (Å²) >= 11 is 0. The average molecular weight is 170 g/mol. The molecule has 0 radical (unpaired) electrons. The molecule has 1 unspecified atom stereocenters. The maximum absolute atomic E-state index is 3.40. The van der Waals surface area contributed by atoms with Gasteiger partial charge >= 0.3 is 0 Å². The maximum atomic E-state index is 3.40. The Labute approximate surface area is 76.3 Å². The minimum Gasteiger partial charge on any atom is -0.315 e. The van der Waals surface area contributed by atoms with Crippen LogP contribution >= 0.6 is 0 Å². The van der Waals surface area contributed by atoms with Crippen molar-refractivity contribution in [3.05, 3.63) is 0 Å². The maximum Gasteiger partial charge on any atom is 0.0195 e. The fourth-order valence-corrected chi connectivity index (χ4v) is 1.81. The van der Waals surface area contributed by atoms with Gasteiger partial charge in [0, 0.05) is 18.6 Å². The van der Waals surface area contributed by atoms with Gasteiger partial charge in [-0.2, -0.15) is 0 Å². The lowest BCUT2D eigenvalue weighted by Gasteiger charge is -2.27. The molecule has 12 heavy (non-hydrogen) atoms. The van der Waals surface area contributed by atoms with E-state index in [9.17, 15) is 0 Å². The first-order valence-corrected chi connectivity index (χ1v) is 5.26. The number of nitrogens with zero attached hydrogens (tertiary/aromatic N) is 1. The van der Waals surface area contributed by atoms with Gasteiger partial charge in [0.05, 0.1) is 0 Å². The second-order valence-corrected chi connectivity index (χ2v) is 3.72. The van der Waals surface area contributed by atoms with Gasteiger partial charge in [-0.25, -0.2) is 0 Å². The molecule has 0 bridgehead atoms. The summed E-state index contributed by atoms with van der Waals surface area (Å²) in [4.78, 5) is 2.61. The summed E-state index contributed by atoms with van der Waals surface area (Å²) in [5.74, 6) is 0. The van der Waals surface area contributed by atoms with Gasteiger partial charge in [-0.15, -0.1) is 0 Å². The molecule has 1 N–H and O–H groups in total. The molecule has 72 valence electrons. The summed E-state index contributed by atoms with van der Waals surface area (Å²) in [6.45, 7) is 10.2. The Hall–Kier alpha value is -0.0800. The Bertz CT molecular complexity index is 121. The zero-order chi connectivity index (χ0) is 8.97. The van der Waals surface area contributed by atoms with Gasteiger partial charge in [0.15, 0.2) is 0 Å². The van der Waals surface area contributed by atoms with E-state index in [2.05, 4.69) is 31.0 Å². The van der Waals surface area contributed by atoms with E-state index in [1.807, 2.05) is 0 Å². The summed E-state index contributed by atoms with van der Waals surface area (Å²) < 4.78 is 0. The second kappa shape index (κ2) is 4.83. The summed E-state index contributed by atoms with van der Waals surface area (Å²) in [6.07, 6.45) is 2.84. The number of likely N-dealkylation sites (N-methyl/N-ethyl adjacent to an activating group) is 2. The number of nitrogens with one attached hydrogen (secondary N) is 1. The lowest BCUT2D eigenvalue weighted by molar-refractivity contribution is 0.205. The Kier molecular flexibility index (Phi) is 4.02. The Morgan fingerprint density at radius 2 is 2.08 bits per heavy atom. The highest BCUT2D eigenvalue weighted by Crippen LogP contribution is 2.27. The fourth-order valence-electron chi connectivity index (χ4n) is 1.81. The highest BCUT2D eigenvalue weighted by Gasteiger charge is 2.30. The van der Waals surface area contributed by atoms with E-state index in [0.29, 0.717) is 6.04 Å². The number of hydrogen-bond acceptors (Lipinski definition) is 2. The predicted octanol–water partition coefficient (Wildman–Crippen LogP) is 1.47. The van der Waals surface area contributed by atoms with Crippen LogP contribution in [0.5, 0.6) is 0 Å². The summed E-state index contributed by atoms with van der Waals surface area (Å²) in [5.41, 5.74) is 0. The minimum absolute atomic E-state index is 0.711. The van der Waals surface area contributed by atoms with E-state index in [-0.39, 0.29) is 0 Å². The third kappa shape index (κ3) is 2.76. The van der Waals surface area contributed by atoms with Crippen molar-refractivity contribution < 1.29 is 0 Å². The summed E-state index contributed by atoms with van der Waals surface area (Å²) in [6, 6.07) is 1.62. The molecule has 2 heteroatoms. The molecule has 1 rings (SSSR count). The molecule has 1 saturated carbocycles. The van der Waals surface area contributed by atoms with Crippen LogP contribution in [0.4, 0.5) is 0 Å². The van der Waals surface area contributed by atoms with Crippen LogP contribution in [0, 0.1) is 0 Å². The average Bonchev–Trinajstić information content (AvgIpc) is 2.86. The predicted molar refractivity (Wildman–Crippen MR) is 53.4 cm³/mol. The van der Waals surface area contributed by atoms with Crippen molar-refractivity contribution in [3.63, 3.8) is 0 Å². The van der Waals surface area contributed by atoms with Crippen molar-refractivity contribution in [2.24, 2.45) is 0 Å². The van der Waals surface area contributed by atoms with E-state index >= 15 is 0 Å². The molecule has 1 atom stereocenters. The van der Waals surface area contributed by atoms with Crippen LogP contribution in [-0.4, -0.2) is 36.6 Å². The van der Waals surface area contributed by atoms with Gasteiger partial charge in [0.1, 0.15) is 0 Å². The first kappa shape index (κ1) is 10.0. The van der Waals surface area contributed by atoms with Gasteiger partial charge in [0.2, 0.25) is 0 Å². The van der Waals surface area contributed by atoms with Crippen LogP contribution in [0.15, 0.2) is 0 Å². The number of hydrogen-bond donors (Lipinski definition) is 1. The quantitative estimate of drug-likeness (QED) is 0.649. The second-order valence-electron chi connectivity index (χ2n) is 3.72. The van der Waals surface area contributed by atoms with Crippen LogP contribution in [0.25, 0.3) is 0 Å². The Balaban J connectivity index is 2.21. The highest BCUT2D eigenvalue weighted by atomic mass is 15.2. The molecular weight excluding hydrogens is 148 g/mol. The molecule has 0 aromatic rings. The topological polar surface area (TPSA) is 15.3 Å². The van der Waals surface area contributed by atoms with Crippen molar-refractivity contribution in [1.82, 2.24) is 10.2 Å². The van der Waals surface area contributed by atoms with Crippen molar-refractivity contribution in [2.45, 2.75) is 45.7 Å². The van der Waals surface area contributed by atoms with Gasteiger partial charge in [0.25, 0.3) is 0 Å². The van der Waals surface area contributed by atoms with Gasteiger partial charge in [-0.1, -0.05) is 13.8 Å².